The number of aromatic nitrogens is 3. The Labute approximate surface area is 89.5 Å². The molecule has 4 nitrogen and oxygen atoms in total. The molecule has 4 heteroatoms. The van der Waals surface area contributed by atoms with Crippen molar-refractivity contribution in [1.29, 1.82) is 0 Å². The van der Waals surface area contributed by atoms with Crippen LogP contribution in [0.1, 0.15) is 42.9 Å². The predicted molar refractivity (Wildman–Crippen MR) is 56.3 cm³/mol. The predicted octanol–water partition coefficient (Wildman–Crippen LogP) is 1.00. The van der Waals surface area contributed by atoms with Crippen molar-refractivity contribution in [3.8, 4) is 0 Å². The van der Waals surface area contributed by atoms with Crippen molar-refractivity contribution >= 4 is 0 Å². The Hall–Kier alpha value is -1.03. The maximum Gasteiger partial charge on any atom is 0.165 e. The van der Waals surface area contributed by atoms with Crippen molar-refractivity contribution in [1.82, 2.24) is 20.5 Å². The molecule has 0 saturated heterocycles. The molecular weight excluding hydrogens is 188 g/mol. The highest BCUT2D eigenvalue weighted by Gasteiger charge is 2.21. The van der Waals surface area contributed by atoms with E-state index in [4.69, 9.17) is 0 Å². The van der Waals surface area contributed by atoms with Crippen molar-refractivity contribution in [2.75, 3.05) is 0 Å². The summed E-state index contributed by atoms with van der Waals surface area (Å²) in [4.78, 5) is 4.58. The average molecular weight is 204 g/mol. The minimum Gasteiger partial charge on any atom is -0.307 e. The van der Waals surface area contributed by atoms with Crippen LogP contribution in [0.25, 0.3) is 0 Å². The molecule has 0 amide bonds. The molecule has 1 saturated carbocycles. The first kappa shape index (κ1) is 9.21. The largest absolute Gasteiger partial charge is 0.307 e. The number of aryl methyl sites for hydroxylation is 2. The monoisotopic (exact) mass is 204 g/mol. The molecule has 2 aliphatic carbocycles. The van der Waals surface area contributed by atoms with Crippen LogP contribution < -0.4 is 5.32 Å². The molecule has 0 aromatic carbocycles. The van der Waals surface area contributed by atoms with Gasteiger partial charge in [-0.3, -0.25) is 0 Å². The molecule has 0 unspecified atom stereocenters. The van der Waals surface area contributed by atoms with Crippen molar-refractivity contribution in [3.63, 3.8) is 0 Å². The highest BCUT2D eigenvalue weighted by Crippen LogP contribution is 2.19. The van der Waals surface area contributed by atoms with Crippen LogP contribution in [0.5, 0.6) is 0 Å². The van der Waals surface area contributed by atoms with Gasteiger partial charge in [-0.2, -0.15) is 5.10 Å². The van der Waals surface area contributed by atoms with E-state index in [-0.39, 0.29) is 0 Å². The molecule has 80 valence electrons. The van der Waals surface area contributed by atoms with E-state index in [1.54, 1.807) is 0 Å². The van der Waals surface area contributed by atoms with E-state index in [9.17, 15) is 0 Å². The fourth-order valence-electron chi connectivity index (χ4n) is 2.00. The van der Waals surface area contributed by atoms with Crippen molar-refractivity contribution < 1.29 is 0 Å². The van der Waals surface area contributed by atoms with E-state index < -0.39 is 0 Å². The van der Waals surface area contributed by atoms with Gasteiger partial charge >= 0.3 is 0 Å². The quantitative estimate of drug-likeness (QED) is 0.798. The second-order valence-electron chi connectivity index (χ2n) is 4.48. The molecule has 1 aromatic heterocycles. The second kappa shape index (κ2) is 3.85. The minimum atomic E-state index is 0.713. The van der Waals surface area contributed by atoms with Gasteiger partial charge in [0.2, 0.25) is 0 Å². The highest BCUT2D eigenvalue weighted by atomic mass is 15.2. The Morgan fingerprint density at radius 3 is 2.67 bits per heavy atom. The molecule has 15 heavy (non-hydrogen) atoms. The van der Waals surface area contributed by atoms with E-state index >= 15 is 0 Å². The first-order valence-electron chi connectivity index (χ1n) is 5.86. The summed E-state index contributed by atoms with van der Waals surface area (Å²) in [5.74, 6) is 0.863. The molecule has 0 aliphatic heterocycles. The molecule has 0 bridgehead atoms. The van der Waals surface area contributed by atoms with E-state index in [1.807, 2.05) is 0 Å². The molecule has 0 spiro atoms. The third-order valence-corrected chi connectivity index (χ3v) is 3.09. The van der Waals surface area contributed by atoms with Crippen molar-refractivity contribution in [2.24, 2.45) is 0 Å². The maximum absolute atomic E-state index is 4.58. The highest BCUT2D eigenvalue weighted by molar-refractivity contribution is 5.13. The Morgan fingerprint density at radius 1 is 1.07 bits per heavy atom. The van der Waals surface area contributed by atoms with Crippen LogP contribution >= 0.6 is 0 Å². The summed E-state index contributed by atoms with van der Waals surface area (Å²) >= 11 is 0. The van der Waals surface area contributed by atoms with Gasteiger partial charge in [0.15, 0.2) is 5.82 Å². The number of rotatable bonds is 3. The summed E-state index contributed by atoms with van der Waals surface area (Å²) in [6.45, 7) is 0.783. The van der Waals surface area contributed by atoms with Gasteiger partial charge in [-0.05, 0) is 38.5 Å². The minimum absolute atomic E-state index is 0.713. The van der Waals surface area contributed by atoms with Crippen LogP contribution in [0.2, 0.25) is 0 Å². The lowest BCUT2D eigenvalue weighted by Crippen LogP contribution is -2.20. The summed E-state index contributed by atoms with van der Waals surface area (Å²) < 4.78 is 0. The first-order chi connectivity index (χ1) is 7.42. The maximum atomic E-state index is 4.58. The van der Waals surface area contributed by atoms with Crippen LogP contribution in [0.15, 0.2) is 0 Å². The van der Waals surface area contributed by atoms with Crippen LogP contribution in [-0.2, 0) is 19.4 Å². The SMILES string of the molecule is C1CCc2nc(CNC3CC3)nnc2C1. The molecule has 1 heterocycles. The lowest BCUT2D eigenvalue weighted by molar-refractivity contribution is 0.592. The van der Waals surface area contributed by atoms with Crippen molar-refractivity contribution in [2.45, 2.75) is 51.1 Å². The number of hydrogen-bond acceptors (Lipinski definition) is 4. The zero-order chi connectivity index (χ0) is 10.1. The zero-order valence-electron chi connectivity index (χ0n) is 8.87. The van der Waals surface area contributed by atoms with Crippen LogP contribution in [0.3, 0.4) is 0 Å². The molecule has 1 N–H and O–H groups in total. The molecule has 0 radical (unpaired) electrons. The van der Waals surface area contributed by atoms with Gasteiger partial charge in [0, 0.05) is 6.04 Å². The van der Waals surface area contributed by atoms with Gasteiger partial charge in [0.25, 0.3) is 0 Å². The summed E-state index contributed by atoms with van der Waals surface area (Å²) in [6.07, 6.45) is 7.24. The summed E-state index contributed by atoms with van der Waals surface area (Å²) in [7, 11) is 0. The van der Waals surface area contributed by atoms with Gasteiger partial charge in [-0.1, -0.05) is 0 Å². The lowest BCUT2D eigenvalue weighted by atomic mass is 10.0. The second-order valence-corrected chi connectivity index (χ2v) is 4.48. The van der Waals surface area contributed by atoms with Crippen molar-refractivity contribution in [3.05, 3.63) is 17.2 Å². The average Bonchev–Trinajstić information content (AvgIpc) is 3.10. The number of fused-ring (bicyclic) bond motifs is 1. The fraction of sp³-hybridized carbons (Fsp3) is 0.727. The van der Waals surface area contributed by atoms with E-state index in [1.165, 1.54) is 31.4 Å². The standard InChI is InChI=1S/C11H16N4/c1-2-4-10-9(3-1)13-11(15-14-10)7-12-8-5-6-8/h8,12H,1-7H2. The zero-order valence-corrected chi connectivity index (χ0v) is 8.87. The Morgan fingerprint density at radius 2 is 1.87 bits per heavy atom. The third kappa shape index (κ3) is 2.15. The summed E-state index contributed by atoms with van der Waals surface area (Å²) in [5, 5.41) is 11.8. The normalized spacial score (nSPS) is 20.0. The first-order valence-corrected chi connectivity index (χ1v) is 5.86. The third-order valence-electron chi connectivity index (χ3n) is 3.09. The summed E-state index contributed by atoms with van der Waals surface area (Å²) in [6, 6.07) is 0.713. The van der Waals surface area contributed by atoms with Crippen LogP contribution in [0.4, 0.5) is 0 Å². The smallest absolute Gasteiger partial charge is 0.165 e. The molecular formula is C11H16N4. The van der Waals surface area contributed by atoms with Gasteiger partial charge in [0.05, 0.1) is 17.9 Å². The Kier molecular flexibility index (Phi) is 2.37. The molecule has 1 aromatic rings. The van der Waals surface area contributed by atoms with Gasteiger partial charge in [-0.15, -0.1) is 5.10 Å². The fourth-order valence-corrected chi connectivity index (χ4v) is 2.00. The lowest BCUT2D eigenvalue weighted by Gasteiger charge is -2.13. The van der Waals surface area contributed by atoms with E-state index in [0.717, 1.165) is 30.9 Å². The summed E-state index contributed by atoms with van der Waals surface area (Å²) in [5.41, 5.74) is 2.31. The molecule has 2 aliphatic rings. The topological polar surface area (TPSA) is 50.7 Å². The number of hydrogen-bond donors (Lipinski definition) is 1. The number of nitrogens with one attached hydrogen (secondary N) is 1. The van der Waals surface area contributed by atoms with E-state index in [2.05, 4.69) is 20.5 Å². The van der Waals surface area contributed by atoms with Crippen LogP contribution in [-0.4, -0.2) is 21.2 Å². The Balaban J connectivity index is 1.71. The molecule has 1 fully saturated rings. The van der Waals surface area contributed by atoms with Gasteiger partial charge in [0.1, 0.15) is 0 Å². The molecule has 3 rings (SSSR count). The molecule has 0 atom stereocenters. The van der Waals surface area contributed by atoms with Gasteiger partial charge < -0.3 is 5.32 Å². The van der Waals surface area contributed by atoms with Crippen LogP contribution in [0, 0.1) is 0 Å². The van der Waals surface area contributed by atoms with Gasteiger partial charge in [-0.25, -0.2) is 4.98 Å². The van der Waals surface area contributed by atoms with E-state index in [0.29, 0.717) is 6.04 Å². The number of nitrogens with zero attached hydrogens (tertiary/aromatic N) is 3. The Bertz CT molecular complexity index is 360.